The monoisotopic (exact) mass is 418 g/mol. The summed E-state index contributed by atoms with van der Waals surface area (Å²) in [6.07, 6.45) is 0.121. The maximum atomic E-state index is 14.6. The quantitative estimate of drug-likeness (QED) is 0.677. The van der Waals surface area contributed by atoms with Crippen LogP contribution >= 0.6 is 0 Å². The van der Waals surface area contributed by atoms with Crippen LogP contribution in [-0.2, 0) is 4.74 Å². The third kappa shape index (κ3) is 4.96. The standard InChI is InChI=1S/C21H27FN4O4/c1-12(2)10-29-15-5-6-16(17(22)9-15)13(3)24-20-23-8-7-19(25-20)26-18(14(4)27)11-30-21(26)28/h5-9,12-14,18,27H,10-11H2,1-4H3,(H,23,24,25)/t13-,14+,18+/m0/s1. The van der Waals surface area contributed by atoms with Crippen LogP contribution in [0.25, 0.3) is 0 Å². The molecular formula is C21H27FN4O4. The van der Waals surface area contributed by atoms with E-state index in [0.29, 0.717) is 29.7 Å². The summed E-state index contributed by atoms with van der Waals surface area (Å²) >= 11 is 0. The lowest BCUT2D eigenvalue weighted by Gasteiger charge is -2.23. The first kappa shape index (κ1) is 21.8. The minimum atomic E-state index is -0.785. The van der Waals surface area contributed by atoms with Gasteiger partial charge in [0.1, 0.15) is 30.0 Å². The Morgan fingerprint density at radius 1 is 1.33 bits per heavy atom. The first-order valence-electron chi connectivity index (χ1n) is 9.92. The average molecular weight is 418 g/mol. The van der Waals surface area contributed by atoms with Crippen molar-refractivity contribution in [2.24, 2.45) is 5.92 Å². The number of carbonyl (C=O) groups is 1. The molecule has 3 atom stereocenters. The number of anilines is 2. The Hall–Kier alpha value is -2.94. The van der Waals surface area contributed by atoms with Gasteiger partial charge in [-0.2, -0.15) is 4.98 Å². The third-order valence-electron chi connectivity index (χ3n) is 4.72. The number of aliphatic hydroxyl groups is 1. The number of nitrogens with one attached hydrogen (secondary N) is 1. The Labute approximate surface area is 175 Å². The minimum Gasteiger partial charge on any atom is -0.493 e. The summed E-state index contributed by atoms with van der Waals surface area (Å²) in [5.74, 6) is 0.949. The van der Waals surface area contributed by atoms with E-state index in [0.717, 1.165) is 0 Å². The van der Waals surface area contributed by atoms with E-state index in [4.69, 9.17) is 9.47 Å². The van der Waals surface area contributed by atoms with Crippen LogP contribution < -0.4 is 15.0 Å². The Kier molecular flexibility index (Phi) is 6.71. The molecule has 8 nitrogen and oxygen atoms in total. The molecule has 1 aromatic carbocycles. The number of hydrogen-bond donors (Lipinski definition) is 2. The van der Waals surface area contributed by atoms with E-state index < -0.39 is 30.1 Å². The van der Waals surface area contributed by atoms with Crippen LogP contribution in [0.3, 0.4) is 0 Å². The van der Waals surface area contributed by atoms with Crippen LogP contribution in [0.1, 0.15) is 39.3 Å². The van der Waals surface area contributed by atoms with E-state index in [1.807, 2.05) is 13.8 Å². The molecule has 1 fully saturated rings. The Morgan fingerprint density at radius 3 is 2.77 bits per heavy atom. The van der Waals surface area contributed by atoms with Crippen LogP contribution in [0.2, 0.25) is 0 Å². The number of cyclic esters (lactones) is 1. The van der Waals surface area contributed by atoms with Crippen LogP contribution in [0.15, 0.2) is 30.5 Å². The molecule has 2 N–H and O–H groups in total. The van der Waals surface area contributed by atoms with E-state index in [1.54, 1.807) is 32.0 Å². The first-order chi connectivity index (χ1) is 14.3. The molecule has 0 saturated carbocycles. The molecular weight excluding hydrogens is 391 g/mol. The Balaban J connectivity index is 1.74. The Morgan fingerprint density at radius 2 is 2.10 bits per heavy atom. The molecule has 1 aromatic heterocycles. The third-order valence-corrected chi connectivity index (χ3v) is 4.72. The topological polar surface area (TPSA) is 96.8 Å². The molecule has 0 bridgehead atoms. The number of aliphatic hydroxyl groups excluding tert-OH is 1. The van der Waals surface area contributed by atoms with Gasteiger partial charge in [-0.05, 0) is 31.9 Å². The van der Waals surface area contributed by atoms with Crippen LogP contribution in [0.4, 0.5) is 21.0 Å². The van der Waals surface area contributed by atoms with E-state index in [9.17, 15) is 14.3 Å². The molecule has 1 amide bonds. The second-order valence-electron chi connectivity index (χ2n) is 7.75. The SMILES string of the molecule is CC(C)COc1ccc([C@H](C)Nc2nccc(N3C(=O)OC[C@@H]3[C@@H](C)O)n2)c(F)c1. The predicted molar refractivity (Wildman–Crippen MR) is 110 cm³/mol. The fourth-order valence-electron chi connectivity index (χ4n) is 3.09. The number of ether oxygens (including phenoxy) is 2. The van der Waals surface area contributed by atoms with E-state index in [-0.39, 0.29) is 12.6 Å². The van der Waals surface area contributed by atoms with Crippen molar-refractivity contribution in [3.05, 3.63) is 41.8 Å². The lowest BCUT2D eigenvalue weighted by Crippen LogP contribution is -2.41. The molecule has 9 heteroatoms. The number of aromatic nitrogens is 2. The van der Waals surface area contributed by atoms with Gasteiger partial charge < -0.3 is 19.9 Å². The highest BCUT2D eigenvalue weighted by molar-refractivity contribution is 5.89. The van der Waals surface area contributed by atoms with Crippen molar-refractivity contribution in [2.45, 2.75) is 45.9 Å². The zero-order valence-corrected chi connectivity index (χ0v) is 17.5. The molecule has 0 spiro atoms. The Bertz CT molecular complexity index is 893. The molecule has 1 saturated heterocycles. The van der Waals surface area contributed by atoms with Gasteiger partial charge >= 0.3 is 6.09 Å². The lowest BCUT2D eigenvalue weighted by molar-refractivity contribution is 0.142. The minimum absolute atomic E-state index is 0.0795. The van der Waals surface area contributed by atoms with Crippen molar-refractivity contribution in [3.8, 4) is 5.75 Å². The zero-order chi connectivity index (χ0) is 21.8. The number of hydrogen-bond acceptors (Lipinski definition) is 7. The first-order valence-corrected chi connectivity index (χ1v) is 9.92. The van der Waals surface area contributed by atoms with Gasteiger partial charge in [0.15, 0.2) is 0 Å². The maximum Gasteiger partial charge on any atom is 0.416 e. The summed E-state index contributed by atoms with van der Waals surface area (Å²) in [4.78, 5) is 21.9. The van der Waals surface area contributed by atoms with Gasteiger partial charge in [0.05, 0.1) is 18.8 Å². The molecule has 0 unspecified atom stereocenters. The highest BCUT2D eigenvalue weighted by Crippen LogP contribution is 2.27. The molecule has 162 valence electrons. The zero-order valence-electron chi connectivity index (χ0n) is 17.5. The summed E-state index contributed by atoms with van der Waals surface area (Å²) < 4.78 is 25.2. The summed E-state index contributed by atoms with van der Waals surface area (Å²) in [5, 5.41) is 12.9. The number of nitrogens with zero attached hydrogens (tertiary/aromatic N) is 3. The lowest BCUT2D eigenvalue weighted by atomic mass is 10.1. The highest BCUT2D eigenvalue weighted by Gasteiger charge is 2.38. The average Bonchev–Trinajstić information content (AvgIpc) is 3.08. The van der Waals surface area contributed by atoms with Crippen molar-refractivity contribution in [1.29, 1.82) is 0 Å². The molecule has 30 heavy (non-hydrogen) atoms. The summed E-state index contributed by atoms with van der Waals surface area (Å²) in [6.45, 7) is 8.01. The molecule has 0 radical (unpaired) electrons. The fourth-order valence-corrected chi connectivity index (χ4v) is 3.09. The second kappa shape index (κ2) is 9.25. The van der Waals surface area contributed by atoms with Gasteiger partial charge in [0.2, 0.25) is 5.95 Å². The van der Waals surface area contributed by atoms with Crippen LogP contribution in [-0.4, -0.2) is 46.5 Å². The number of benzene rings is 1. The maximum absolute atomic E-state index is 14.6. The molecule has 0 aliphatic carbocycles. The van der Waals surface area contributed by atoms with Crippen molar-refractivity contribution in [2.75, 3.05) is 23.4 Å². The molecule has 2 heterocycles. The summed E-state index contributed by atoms with van der Waals surface area (Å²) in [5.41, 5.74) is 0.434. The summed E-state index contributed by atoms with van der Waals surface area (Å²) in [7, 11) is 0. The van der Waals surface area contributed by atoms with Gasteiger partial charge in [-0.25, -0.2) is 14.2 Å². The largest absolute Gasteiger partial charge is 0.493 e. The second-order valence-corrected chi connectivity index (χ2v) is 7.75. The fraction of sp³-hybridized carbons (Fsp3) is 0.476. The van der Waals surface area contributed by atoms with Crippen molar-refractivity contribution < 1.29 is 23.8 Å². The van der Waals surface area contributed by atoms with E-state index >= 15 is 0 Å². The van der Waals surface area contributed by atoms with Gasteiger partial charge in [-0.1, -0.05) is 19.9 Å². The molecule has 2 aromatic rings. The van der Waals surface area contributed by atoms with E-state index in [1.165, 1.54) is 17.2 Å². The predicted octanol–water partition coefficient (Wildman–Crippen LogP) is 3.53. The van der Waals surface area contributed by atoms with Crippen molar-refractivity contribution in [3.63, 3.8) is 0 Å². The van der Waals surface area contributed by atoms with Gasteiger partial charge in [-0.15, -0.1) is 0 Å². The van der Waals surface area contributed by atoms with Gasteiger partial charge in [0, 0.05) is 17.8 Å². The normalized spacial score (nSPS) is 18.3. The summed E-state index contributed by atoms with van der Waals surface area (Å²) in [6, 6.07) is 5.34. The number of rotatable bonds is 8. The smallest absolute Gasteiger partial charge is 0.416 e. The molecule has 1 aliphatic rings. The number of halogens is 1. The number of amides is 1. The van der Waals surface area contributed by atoms with Crippen LogP contribution in [0, 0.1) is 11.7 Å². The van der Waals surface area contributed by atoms with E-state index in [2.05, 4.69) is 15.3 Å². The van der Waals surface area contributed by atoms with Crippen molar-refractivity contribution in [1.82, 2.24) is 9.97 Å². The molecule has 3 rings (SSSR count). The molecule has 1 aliphatic heterocycles. The number of carbonyl (C=O) groups excluding carboxylic acids is 1. The van der Waals surface area contributed by atoms with Gasteiger partial charge in [0.25, 0.3) is 0 Å². The van der Waals surface area contributed by atoms with Crippen molar-refractivity contribution >= 4 is 17.9 Å². The van der Waals surface area contributed by atoms with Gasteiger partial charge in [-0.3, -0.25) is 4.90 Å². The van der Waals surface area contributed by atoms with Crippen LogP contribution in [0.5, 0.6) is 5.75 Å². The highest BCUT2D eigenvalue weighted by atomic mass is 19.1.